The number of hydrogen-bond acceptors (Lipinski definition) is 0. The van der Waals surface area contributed by atoms with Gasteiger partial charge in [-0.25, -0.2) is 0 Å². The molecule has 1 rings (SSSR count). The summed E-state index contributed by atoms with van der Waals surface area (Å²) in [7, 11) is 0. The second-order valence-electron chi connectivity index (χ2n) is 4.20. The van der Waals surface area contributed by atoms with E-state index in [2.05, 4.69) is 55.8 Å². The lowest BCUT2D eigenvalue weighted by Crippen LogP contribution is -1.99. The van der Waals surface area contributed by atoms with Gasteiger partial charge in [0.15, 0.2) is 0 Å². The zero-order valence-electron chi connectivity index (χ0n) is 9.52. The first-order valence-corrected chi connectivity index (χ1v) is 6.13. The van der Waals surface area contributed by atoms with Crippen LogP contribution in [-0.4, -0.2) is 4.83 Å². The van der Waals surface area contributed by atoms with E-state index in [1.165, 1.54) is 35.1 Å². The second-order valence-corrected chi connectivity index (χ2v) is 5.76. The van der Waals surface area contributed by atoms with Gasteiger partial charge in [0.25, 0.3) is 0 Å². The van der Waals surface area contributed by atoms with E-state index in [9.17, 15) is 0 Å². The van der Waals surface area contributed by atoms with E-state index >= 15 is 0 Å². The van der Waals surface area contributed by atoms with Gasteiger partial charge in [-0.05, 0) is 50.3 Å². The molecule has 0 aliphatic carbocycles. The molecule has 0 fully saturated rings. The third-order valence-corrected chi connectivity index (χ3v) is 3.09. The van der Waals surface area contributed by atoms with Crippen LogP contribution in [0, 0.1) is 20.8 Å². The lowest BCUT2D eigenvalue weighted by Gasteiger charge is -2.11. The van der Waals surface area contributed by atoms with E-state index in [0.717, 1.165) is 0 Å². The predicted molar refractivity (Wildman–Crippen MR) is 67.4 cm³/mol. The van der Waals surface area contributed by atoms with Gasteiger partial charge < -0.3 is 0 Å². The molecule has 0 saturated heterocycles. The molecule has 1 aromatic carbocycles. The van der Waals surface area contributed by atoms with Crippen LogP contribution >= 0.6 is 15.9 Å². The van der Waals surface area contributed by atoms with Crippen LogP contribution in [0.2, 0.25) is 0 Å². The van der Waals surface area contributed by atoms with Gasteiger partial charge in [-0.15, -0.1) is 0 Å². The van der Waals surface area contributed by atoms with E-state index in [-0.39, 0.29) is 0 Å². The van der Waals surface area contributed by atoms with Gasteiger partial charge in [0, 0.05) is 4.83 Å². The van der Waals surface area contributed by atoms with Crippen LogP contribution in [0.3, 0.4) is 0 Å². The second kappa shape index (κ2) is 4.97. The molecule has 0 heterocycles. The Morgan fingerprint density at radius 3 is 2.07 bits per heavy atom. The topological polar surface area (TPSA) is 0 Å². The number of hydrogen-bond donors (Lipinski definition) is 0. The Hall–Kier alpha value is -0.300. The maximum absolute atomic E-state index is 3.60. The highest BCUT2D eigenvalue weighted by atomic mass is 79.9. The summed E-state index contributed by atoms with van der Waals surface area (Å²) in [4.78, 5) is 0.614. The molecule has 1 atom stereocenters. The summed E-state index contributed by atoms with van der Waals surface area (Å²) in [5.41, 5.74) is 5.78. The maximum Gasteiger partial charge on any atom is 0.0120 e. The largest absolute Gasteiger partial charge is 0.0894 e. The van der Waals surface area contributed by atoms with Gasteiger partial charge in [0.05, 0.1) is 0 Å². The third kappa shape index (κ3) is 3.13. The molecule has 14 heavy (non-hydrogen) atoms. The highest BCUT2D eigenvalue weighted by molar-refractivity contribution is 9.09. The van der Waals surface area contributed by atoms with Gasteiger partial charge in [-0.2, -0.15) is 0 Å². The molecule has 0 aliphatic heterocycles. The molecule has 0 aliphatic rings. The fourth-order valence-corrected chi connectivity index (χ4v) is 2.18. The SMILES string of the molecule is Cc1cc(C)c(CCC(C)Br)c(C)c1. The molecule has 0 radical (unpaired) electrons. The highest BCUT2D eigenvalue weighted by Crippen LogP contribution is 2.19. The maximum atomic E-state index is 3.60. The first-order valence-electron chi connectivity index (χ1n) is 5.21. The molecular formula is C13H19Br. The van der Waals surface area contributed by atoms with Crippen molar-refractivity contribution in [3.8, 4) is 0 Å². The Labute approximate surface area is 95.9 Å². The molecule has 0 nitrogen and oxygen atoms in total. The highest BCUT2D eigenvalue weighted by Gasteiger charge is 2.05. The summed E-state index contributed by atoms with van der Waals surface area (Å²) < 4.78 is 0. The zero-order chi connectivity index (χ0) is 10.7. The van der Waals surface area contributed by atoms with Crippen molar-refractivity contribution in [3.05, 3.63) is 34.4 Å². The fourth-order valence-electron chi connectivity index (χ4n) is 1.95. The molecule has 0 saturated carbocycles. The first-order chi connectivity index (χ1) is 6.50. The van der Waals surface area contributed by atoms with Crippen LogP contribution < -0.4 is 0 Å². The van der Waals surface area contributed by atoms with E-state index in [1.807, 2.05) is 0 Å². The number of benzene rings is 1. The Balaban J connectivity index is 2.86. The van der Waals surface area contributed by atoms with Crippen LogP contribution in [0.1, 0.15) is 35.6 Å². The molecule has 0 spiro atoms. The molecule has 0 N–H and O–H groups in total. The Bertz CT molecular complexity index is 290. The quantitative estimate of drug-likeness (QED) is 0.705. The Kier molecular flexibility index (Phi) is 4.18. The molecule has 1 heteroatoms. The van der Waals surface area contributed by atoms with E-state index < -0.39 is 0 Å². The van der Waals surface area contributed by atoms with Crippen molar-refractivity contribution in [3.63, 3.8) is 0 Å². The van der Waals surface area contributed by atoms with Crippen molar-refractivity contribution in [1.82, 2.24) is 0 Å². The minimum absolute atomic E-state index is 0.614. The normalized spacial score (nSPS) is 12.9. The van der Waals surface area contributed by atoms with Gasteiger partial charge in [-0.3, -0.25) is 0 Å². The van der Waals surface area contributed by atoms with Crippen molar-refractivity contribution in [2.45, 2.75) is 45.4 Å². The van der Waals surface area contributed by atoms with Crippen molar-refractivity contribution in [1.29, 1.82) is 0 Å². The third-order valence-electron chi connectivity index (χ3n) is 2.63. The van der Waals surface area contributed by atoms with Crippen LogP contribution in [0.5, 0.6) is 0 Å². The van der Waals surface area contributed by atoms with Crippen molar-refractivity contribution < 1.29 is 0 Å². The van der Waals surface area contributed by atoms with Crippen molar-refractivity contribution >= 4 is 15.9 Å². The Morgan fingerprint density at radius 2 is 1.64 bits per heavy atom. The van der Waals surface area contributed by atoms with Gasteiger partial charge in [-0.1, -0.05) is 40.5 Å². The van der Waals surface area contributed by atoms with Gasteiger partial charge >= 0.3 is 0 Å². The van der Waals surface area contributed by atoms with E-state index in [1.54, 1.807) is 0 Å². The summed E-state index contributed by atoms with van der Waals surface area (Å²) in [5.74, 6) is 0. The molecule has 1 aromatic rings. The van der Waals surface area contributed by atoms with E-state index in [4.69, 9.17) is 0 Å². The summed E-state index contributed by atoms with van der Waals surface area (Å²) >= 11 is 3.60. The molecule has 0 bridgehead atoms. The van der Waals surface area contributed by atoms with Crippen LogP contribution in [0.15, 0.2) is 12.1 Å². The average Bonchev–Trinajstić information content (AvgIpc) is 2.01. The summed E-state index contributed by atoms with van der Waals surface area (Å²) in [6.07, 6.45) is 2.40. The average molecular weight is 255 g/mol. The zero-order valence-corrected chi connectivity index (χ0v) is 11.1. The van der Waals surface area contributed by atoms with Crippen molar-refractivity contribution in [2.75, 3.05) is 0 Å². The smallest absolute Gasteiger partial charge is 0.0120 e. The summed E-state index contributed by atoms with van der Waals surface area (Å²) in [5, 5.41) is 0. The lowest BCUT2D eigenvalue weighted by molar-refractivity contribution is 0.812. The molecule has 0 amide bonds. The number of aryl methyl sites for hydroxylation is 3. The van der Waals surface area contributed by atoms with Crippen LogP contribution in [-0.2, 0) is 6.42 Å². The minimum atomic E-state index is 0.614. The minimum Gasteiger partial charge on any atom is -0.0894 e. The standard InChI is InChI=1S/C13H19Br/c1-9-7-10(2)13(11(3)8-9)6-5-12(4)14/h7-8,12H,5-6H2,1-4H3. The first kappa shape index (κ1) is 11.8. The lowest BCUT2D eigenvalue weighted by atomic mass is 9.96. The monoisotopic (exact) mass is 254 g/mol. The number of rotatable bonds is 3. The van der Waals surface area contributed by atoms with Gasteiger partial charge in [0.2, 0.25) is 0 Å². The molecule has 78 valence electrons. The van der Waals surface area contributed by atoms with Crippen molar-refractivity contribution in [2.24, 2.45) is 0 Å². The molecule has 0 aromatic heterocycles. The predicted octanol–water partition coefficient (Wildman–Crippen LogP) is 4.33. The Morgan fingerprint density at radius 1 is 1.14 bits per heavy atom. The summed E-state index contributed by atoms with van der Waals surface area (Å²) in [6, 6.07) is 4.56. The molecule has 1 unspecified atom stereocenters. The molecular weight excluding hydrogens is 236 g/mol. The summed E-state index contributed by atoms with van der Waals surface area (Å²) in [6.45, 7) is 8.80. The van der Waals surface area contributed by atoms with Crippen LogP contribution in [0.4, 0.5) is 0 Å². The van der Waals surface area contributed by atoms with Crippen LogP contribution in [0.25, 0.3) is 0 Å². The van der Waals surface area contributed by atoms with E-state index in [0.29, 0.717) is 4.83 Å². The number of alkyl halides is 1. The van der Waals surface area contributed by atoms with Gasteiger partial charge in [0.1, 0.15) is 0 Å². The fraction of sp³-hybridized carbons (Fsp3) is 0.538. The number of halogens is 1.